The van der Waals surface area contributed by atoms with Gasteiger partial charge in [0.25, 0.3) is 0 Å². The van der Waals surface area contributed by atoms with E-state index in [0.717, 1.165) is 45.3 Å². The molecule has 1 unspecified atom stereocenters. The van der Waals surface area contributed by atoms with Crippen molar-refractivity contribution in [2.24, 2.45) is 11.1 Å². The van der Waals surface area contributed by atoms with Gasteiger partial charge in [0.1, 0.15) is 0 Å². The highest BCUT2D eigenvalue weighted by atomic mass is 16.2. The standard InChI is InChI=1S/C14H29N3O/c1-4-5-12(2)16-13(18)10-17-8-6-14(3,11-15)7-9-17/h12H,4-11,15H2,1-3H3,(H,16,18). The van der Waals surface area contributed by atoms with Crippen molar-refractivity contribution in [2.45, 2.75) is 52.5 Å². The lowest BCUT2D eigenvalue weighted by atomic mass is 9.80. The summed E-state index contributed by atoms with van der Waals surface area (Å²) in [6, 6.07) is 0.293. The fourth-order valence-corrected chi connectivity index (χ4v) is 2.48. The van der Waals surface area contributed by atoms with Crippen LogP contribution < -0.4 is 11.1 Å². The van der Waals surface area contributed by atoms with Gasteiger partial charge in [-0.1, -0.05) is 20.3 Å². The molecular weight excluding hydrogens is 226 g/mol. The van der Waals surface area contributed by atoms with E-state index in [4.69, 9.17) is 5.73 Å². The lowest BCUT2D eigenvalue weighted by Crippen LogP contribution is -2.47. The first kappa shape index (κ1) is 15.4. The average Bonchev–Trinajstić information content (AvgIpc) is 2.32. The Bertz CT molecular complexity index is 260. The zero-order valence-corrected chi connectivity index (χ0v) is 12.2. The average molecular weight is 255 g/mol. The topological polar surface area (TPSA) is 58.4 Å². The number of amides is 1. The molecule has 0 aromatic heterocycles. The summed E-state index contributed by atoms with van der Waals surface area (Å²) in [5, 5.41) is 3.06. The Morgan fingerprint density at radius 2 is 2.06 bits per heavy atom. The lowest BCUT2D eigenvalue weighted by Gasteiger charge is -2.38. The molecule has 0 saturated carbocycles. The highest BCUT2D eigenvalue weighted by Crippen LogP contribution is 2.29. The molecule has 1 saturated heterocycles. The molecule has 0 bridgehead atoms. The Hall–Kier alpha value is -0.610. The van der Waals surface area contributed by atoms with E-state index in [1.807, 2.05) is 0 Å². The van der Waals surface area contributed by atoms with Gasteiger partial charge < -0.3 is 11.1 Å². The number of rotatable bonds is 6. The summed E-state index contributed by atoms with van der Waals surface area (Å²) in [5.74, 6) is 0.160. The zero-order valence-electron chi connectivity index (χ0n) is 12.2. The molecule has 1 aliphatic rings. The second kappa shape index (κ2) is 7.10. The number of carbonyl (C=O) groups excluding carboxylic acids is 1. The predicted octanol–water partition coefficient (Wildman–Crippen LogP) is 1.35. The van der Waals surface area contributed by atoms with Crippen LogP contribution in [0, 0.1) is 5.41 Å². The Labute approximate surface area is 111 Å². The summed E-state index contributed by atoms with van der Waals surface area (Å²) in [6.45, 7) is 9.72. The van der Waals surface area contributed by atoms with Crippen LogP contribution in [0.15, 0.2) is 0 Å². The molecule has 1 rings (SSSR count). The minimum atomic E-state index is 0.160. The first-order valence-electron chi connectivity index (χ1n) is 7.21. The molecule has 106 valence electrons. The summed E-state index contributed by atoms with van der Waals surface area (Å²) < 4.78 is 0. The Morgan fingerprint density at radius 1 is 1.44 bits per heavy atom. The van der Waals surface area contributed by atoms with E-state index in [1.165, 1.54) is 0 Å². The quantitative estimate of drug-likeness (QED) is 0.753. The molecule has 0 spiro atoms. The van der Waals surface area contributed by atoms with Crippen LogP contribution in [0.1, 0.15) is 46.5 Å². The summed E-state index contributed by atoms with van der Waals surface area (Å²) in [4.78, 5) is 14.1. The van der Waals surface area contributed by atoms with Crippen molar-refractivity contribution < 1.29 is 4.79 Å². The fraction of sp³-hybridized carbons (Fsp3) is 0.929. The number of nitrogens with one attached hydrogen (secondary N) is 1. The van der Waals surface area contributed by atoms with Crippen LogP contribution in [-0.2, 0) is 4.79 Å². The number of carbonyl (C=O) groups is 1. The molecule has 0 aliphatic carbocycles. The van der Waals surface area contributed by atoms with Crippen LogP contribution in [0.5, 0.6) is 0 Å². The predicted molar refractivity (Wildman–Crippen MR) is 75.3 cm³/mol. The van der Waals surface area contributed by atoms with Crippen LogP contribution in [0.2, 0.25) is 0 Å². The third-order valence-corrected chi connectivity index (χ3v) is 4.05. The molecular formula is C14H29N3O. The summed E-state index contributed by atoms with van der Waals surface area (Å²) in [6.07, 6.45) is 4.36. The summed E-state index contributed by atoms with van der Waals surface area (Å²) in [7, 11) is 0. The number of nitrogens with zero attached hydrogens (tertiary/aromatic N) is 1. The van der Waals surface area contributed by atoms with Crippen molar-refractivity contribution >= 4 is 5.91 Å². The van der Waals surface area contributed by atoms with Crippen LogP contribution in [-0.4, -0.2) is 43.0 Å². The summed E-state index contributed by atoms with van der Waals surface area (Å²) in [5.41, 5.74) is 6.07. The smallest absolute Gasteiger partial charge is 0.234 e. The Balaban J connectivity index is 2.26. The van der Waals surface area contributed by atoms with Crippen LogP contribution in [0.3, 0.4) is 0 Å². The molecule has 18 heavy (non-hydrogen) atoms. The van der Waals surface area contributed by atoms with Gasteiger partial charge in [0.2, 0.25) is 5.91 Å². The maximum absolute atomic E-state index is 11.8. The third-order valence-electron chi connectivity index (χ3n) is 4.05. The normalized spacial score (nSPS) is 21.6. The van der Waals surface area contributed by atoms with Gasteiger partial charge in [0, 0.05) is 6.04 Å². The lowest BCUT2D eigenvalue weighted by molar-refractivity contribution is -0.123. The van der Waals surface area contributed by atoms with Gasteiger partial charge in [-0.15, -0.1) is 0 Å². The van der Waals surface area contributed by atoms with Crippen molar-refractivity contribution in [3.8, 4) is 0 Å². The number of hydrogen-bond donors (Lipinski definition) is 2. The molecule has 0 aromatic carbocycles. The molecule has 4 heteroatoms. The largest absolute Gasteiger partial charge is 0.353 e. The van der Waals surface area contributed by atoms with Crippen molar-refractivity contribution in [1.29, 1.82) is 0 Å². The van der Waals surface area contributed by atoms with E-state index in [2.05, 4.69) is 31.0 Å². The van der Waals surface area contributed by atoms with Gasteiger partial charge in [-0.25, -0.2) is 0 Å². The van der Waals surface area contributed by atoms with E-state index in [0.29, 0.717) is 12.6 Å². The minimum Gasteiger partial charge on any atom is -0.353 e. The van der Waals surface area contributed by atoms with Crippen molar-refractivity contribution in [1.82, 2.24) is 10.2 Å². The summed E-state index contributed by atoms with van der Waals surface area (Å²) >= 11 is 0. The van der Waals surface area contributed by atoms with Crippen LogP contribution in [0.4, 0.5) is 0 Å². The minimum absolute atomic E-state index is 0.160. The SMILES string of the molecule is CCCC(C)NC(=O)CN1CCC(C)(CN)CC1. The maximum Gasteiger partial charge on any atom is 0.234 e. The van der Waals surface area contributed by atoms with Gasteiger partial charge >= 0.3 is 0 Å². The fourth-order valence-electron chi connectivity index (χ4n) is 2.48. The highest BCUT2D eigenvalue weighted by molar-refractivity contribution is 5.78. The molecule has 1 atom stereocenters. The van der Waals surface area contributed by atoms with Gasteiger partial charge in [0.15, 0.2) is 0 Å². The molecule has 1 fully saturated rings. The van der Waals surface area contributed by atoms with Crippen LogP contribution >= 0.6 is 0 Å². The molecule has 1 aliphatic heterocycles. The van der Waals surface area contributed by atoms with E-state index in [1.54, 1.807) is 0 Å². The molecule has 0 aromatic rings. The van der Waals surface area contributed by atoms with Crippen molar-refractivity contribution in [2.75, 3.05) is 26.2 Å². The van der Waals surface area contributed by atoms with Crippen molar-refractivity contribution in [3.63, 3.8) is 0 Å². The van der Waals surface area contributed by atoms with Gasteiger partial charge in [-0.3, -0.25) is 9.69 Å². The number of hydrogen-bond acceptors (Lipinski definition) is 3. The van der Waals surface area contributed by atoms with Crippen LogP contribution in [0.25, 0.3) is 0 Å². The maximum atomic E-state index is 11.8. The van der Waals surface area contributed by atoms with Gasteiger partial charge in [-0.05, 0) is 51.2 Å². The van der Waals surface area contributed by atoms with E-state index < -0.39 is 0 Å². The van der Waals surface area contributed by atoms with Gasteiger partial charge in [0.05, 0.1) is 6.54 Å². The van der Waals surface area contributed by atoms with E-state index >= 15 is 0 Å². The third kappa shape index (κ3) is 4.94. The van der Waals surface area contributed by atoms with E-state index in [9.17, 15) is 4.79 Å². The molecule has 0 radical (unpaired) electrons. The molecule has 1 heterocycles. The van der Waals surface area contributed by atoms with Gasteiger partial charge in [-0.2, -0.15) is 0 Å². The molecule has 3 N–H and O–H groups in total. The Kier molecular flexibility index (Phi) is 6.09. The number of nitrogens with two attached hydrogens (primary N) is 1. The molecule has 4 nitrogen and oxygen atoms in total. The second-order valence-corrected chi connectivity index (χ2v) is 6.05. The zero-order chi connectivity index (χ0) is 13.6. The Morgan fingerprint density at radius 3 is 2.56 bits per heavy atom. The molecule has 1 amide bonds. The number of likely N-dealkylation sites (tertiary alicyclic amines) is 1. The first-order valence-corrected chi connectivity index (χ1v) is 7.21. The second-order valence-electron chi connectivity index (χ2n) is 6.05. The van der Waals surface area contributed by atoms with Crippen molar-refractivity contribution in [3.05, 3.63) is 0 Å². The monoisotopic (exact) mass is 255 g/mol. The highest BCUT2D eigenvalue weighted by Gasteiger charge is 2.29. The van der Waals surface area contributed by atoms with E-state index in [-0.39, 0.29) is 11.3 Å². The number of piperidine rings is 1. The first-order chi connectivity index (χ1) is 8.49.